The molecule has 3 aromatic rings. The molecule has 0 aliphatic rings. The van der Waals surface area contributed by atoms with Crippen LogP contribution in [0, 0.1) is 0 Å². The standard InChI is InChI=1S/C18H18BrN5OS/c1-23(11-13-3-5-15(19)6-4-13)16(25)12-26-18-22-21-17(24(18)2)14-7-9-20-10-8-14/h3-10H,11-12H2,1-2H3. The Labute approximate surface area is 164 Å². The van der Waals surface area contributed by atoms with Crippen LogP contribution in [-0.2, 0) is 18.4 Å². The lowest BCUT2D eigenvalue weighted by atomic mass is 10.2. The van der Waals surface area contributed by atoms with Crippen LogP contribution < -0.4 is 0 Å². The van der Waals surface area contributed by atoms with Gasteiger partial charge in [0.2, 0.25) is 5.91 Å². The van der Waals surface area contributed by atoms with Crippen molar-refractivity contribution < 1.29 is 4.79 Å². The first-order valence-corrected chi connectivity index (χ1v) is 9.73. The molecule has 0 saturated heterocycles. The fourth-order valence-corrected chi connectivity index (χ4v) is 3.50. The molecule has 6 nitrogen and oxygen atoms in total. The number of halogens is 1. The Bertz CT molecular complexity index is 882. The molecule has 3 rings (SSSR count). The molecule has 26 heavy (non-hydrogen) atoms. The molecule has 134 valence electrons. The predicted octanol–water partition coefficient (Wildman–Crippen LogP) is 3.39. The lowest BCUT2D eigenvalue weighted by molar-refractivity contribution is -0.127. The summed E-state index contributed by atoms with van der Waals surface area (Å²) in [5, 5.41) is 9.13. The Morgan fingerprint density at radius 2 is 1.85 bits per heavy atom. The third kappa shape index (κ3) is 4.50. The van der Waals surface area contributed by atoms with Gasteiger partial charge >= 0.3 is 0 Å². The number of carbonyl (C=O) groups is 1. The molecule has 2 aromatic heterocycles. The first-order chi connectivity index (χ1) is 12.5. The smallest absolute Gasteiger partial charge is 0.233 e. The molecule has 0 aliphatic carbocycles. The number of aromatic nitrogens is 4. The summed E-state index contributed by atoms with van der Waals surface area (Å²) in [6, 6.07) is 11.7. The van der Waals surface area contributed by atoms with Crippen LogP contribution in [0.25, 0.3) is 11.4 Å². The number of rotatable bonds is 6. The van der Waals surface area contributed by atoms with Gasteiger partial charge in [0.1, 0.15) is 0 Å². The number of carbonyl (C=O) groups excluding carboxylic acids is 1. The number of thioether (sulfide) groups is 1. The van der Waals surface area contributed by atoms with Crippen molar-refractivity contribution in [3.63, 3.8) is 0 Å². The number of benzene rings is 1. The van der Waals surface area contributed by atoms with Crippen molar-refractivity contribution in [1.82, 2.24) is 24.6 Å². The van der Waals surface area contributed by atoms with Gasteiger partial charge in [0.05, 0.1) is 5.75 Å². The van der Waals surface area contributed by atoms with E-state index in [2.05, 4.69) is 31.1 Å². The maximum absolute atomic E-state index is 12.4. The third-order valence-corrected chi connectivity index (χ3v) is 5.39. The molecule has 0 N–H and O–H groups in total. The molecule has 0 atom stereocenters. The van der Waals surface area contributed by atoms with E-state index in [0.717, 1.165) is 21.4 Å². The zero-order valence-corrected chi connectivity index (χ0v) is 16.9. The molecule has 0 aliphatic heterocycles. The van der Waals surface area contributed by atoms with E-state index in [0.29, 0.717) is 17.5 Å². The van der Waals surface area contributed by atoms with Crippen LogP contribution in [0.4, 0.5) is 0 Å². The maximum atomic E-state index is 12.4. The Kier molecular flexibility index (Phi) is 6.05. The van der Waals surface area contributed by atoms with Gasteiger partial charge in [0.15, 0.2) is 11.0 Å². The average Bonchev–Trinajstić information content (AvgIpc) is 3.03. The minimum absolute atomic E-state index is 0.0476. The van der Waals surface area contributed by atoms with E-state index in [1.807, 2.05) is 55.1 Å². The first kappa shape index (κ1) is 18.6. The minimum Gasteiger partial charge on any atom is -0.341 e. The predicted molar refractivity (Wildman–Crippen MR) is 106 cm³/mol. The highest BCUT2D eigenvalue weighted by atomic mass is 79.9. The van der Waals surface area contributed by atoms with Crippen LogP contribution in [0.5, 0.6) is 0 Å². The van der Waals surface area contributed by atoms with Crippen LogP contribution >= 0.6 is 27.7 Å². The second-order valence-electron chi connectivity index (χ2n) is 5.77. The van der Waals surface area contributed by atoms with Gasteiger partial charge in [0, 0.05) is 43.1 Å². The van der Waals surface area contributed by atoms with E-state index in [4.69, 9.17) is 0 Å². The van der Waals surface area contributed by atoms with Gasteiger partial charge in [-0.05, 0) is 29.8 Å². The molecule has 1 aromatic carbocycles. The molecule has 0 bridgehead atoms. The maximum Gasteiger partial charge on any atom is 0.233 e. The Morgan fingerprint density at radius 3 is 2.54 bits per heavy atom. The number of pyridine rings is 1. The van der Waals surface area contributed by atoms with Crippen LogP contribution in [0.15, 0.2) is 58.4 Å². The van der Waals surface area contributed by atoms with Crippen molar-refractivity contribution in [1.29, 1.82) is 0 Å². The molecule has 0 spiro atoms. The van der Waals surface area contributed by atoms with E-state index in [-0.39, 0.29) is 5.91 Å². The van der Waals surface area contributed by atoms with Crippen LogP contribution in [0.1, 0.15) is 5.56 Å². The van der Waals surface area contributed by atoms with Gasteiger partial charge in [-0.15, -0.1) is 10.2 Å². The summed E-state index contributed by atoms with van der Waals surface area (Å²) in [6.45, 7) is 0.577. The number of hydrogen-bond acceptors (Lipinski definition) is 5. The van der Waals surface area contributed by atoms with Gasteiger partial charge in [-0.25, -0.2) is 0 Å². The molecular formula is C18H18BrN5OS. The van der Waals surface area contributed by atoms with Gasteiger partial charge in [-0.3, -0.25) is 9.78 Å². The quantitative estimate of drug-likeness (QED) is 0.559. The van der Waals surface area contributed by atoms with Crippen molar-refractivity contribution in [3.05, 3.63) is 58.8 Å². The van der Waals surface area contributed by atoms with E-state index >= 15 is 0 Å². The monoisotopic (exact) mass is 431 g/mol. The molecule has 0 saturated carbocycles. The van der Waals surface area contributed by atoms with Gasteiger partial charge < -0.3 is 9.47 Å². The molecule has 0 unspecified atom stereocenters. The summed E-state index contributed by atoms with van der Waals surface area (Å²) >= 11 is 4.80. The van der Waals surface area contributed by atoms with Gasteiger partial charge in [-0.1, -0.05) is 39.8 Å². The van der Waals surface area contributed by atoms with Gasteiger partial charge in [0.25, 0.3) is 0 Å². The number of nitrogens with zero attached hydrogens (tertiary/aromatic N) is 5. The van der Waals surface area contributed by atoms with Crippen LogP contribution in [0.3, 0.4) is 0 Å². The molecule has 1 amide bonds. The SMILES string of the molecule is CN(Cc1ccc(Br)cc1)C(=O)CSc1nnc(-c2ccncc2)n1C. The second kappa shape index (κ2) is 8.46. The average molecular weight is 432 g/mol. The summed E-state index contributed by atoms with van der Waals surface area (Å²) < 4.78 is 2.92. The summed E-state index contributed by atoms with van der Waals surface area (Å²) in [7, 11) is 3.71. The fraction of sp³-hybridized carbons (Fsp3) is 0.222. The van der Waals surface area contributed by atoms with E-state index in [1.54, 1.807) is 17.3 Å². The van der Waals surface area contributed by atoms with Crippen molar-refractivity contribution in [2.45, 2.75) is 11.7 Å². The summed E-state index contributed by atoms with van der Waals surface area (Å²) in [5.74, 6) is 1.12. The van der Waals surface area contributed by atoms with Crippen molar-refractivity contribution >= 4 is 33.6 Å². The lowest BCUT2D eigenvalue weighted by Crippen LogP contribution is -2.27. The van der Waals surface area contributed by atoms with Gasteiger partial charge in [-0.2, -0.15) is 0 Å². The highest BCUT2D eigenvalue weighted by Crippen LogP contribution is 2.22. The Morgan fingerprint density at radius 1 is 1.15 bits per heavy atom. The highest BCUT2D eigenvalue weighted by molar-refractivity contribution is 9.10. The van der Waals surface area contributed by atoms with Crippen molar-refractivity contribution in [2.24, 2.45) is 7.05 Å². The van der Waals surface area contributed by atoms with E-state index in [1.165, 1.54) is 11.8 Å². The summed E-state index contributed by atoms with van der Waals surface area (Å²) in [4.78, 5) is 18.1. The largest absolute Gasteiger partial charge is 0.341 e. The third-order valence-electron chi connectivity index (χ3n) is 3.86. The summed E-state index contributed by atoms with van der Waals surface area (Å²) in [5.41, 5.74) is 2.04. The fourth-order valence-electron chi connectivity index (χ4n) is 2.38. The van der Waals surface area contributed by atoms with E-state index in [9.17, 15) is 4.79 Å². The van der Waals surface area contributed by atoms with E-state index < -0.39 is 0 Å². The Balaban J connectivity index is 1.59. The van der Waals surface area contributed by atoms with Crippen molar-refractivity contribution in [3.8, 4) is 11.4 Å². The zero-order valence-electron chi connectivity index (χ0n) is 14.5. The molecule has 8 heteroatoms. The lowest BCUT2D eigenvalue weighted by Gasteiger charge is -2.17. The Hall–Kier alpha value is -2.19. The molecular weight excluding hydrogens is 414 g/mol. The number of amides is 1. The van der Waals surface area contributed by atoms with Crippen LogP contribution in [0.2, 0.25) is 0 Å². The number of hydrogen-bond donors (Lipinski definition) is 0. The molecule has 2 heterocycles. The van der Waals surface area contributed by atoms with Crippen LogP contribution in [-0.4, -0.2) is 43.4 Å². The summed E-state index contributed by atoms with van der Waals surface area (Å²) in [6.07, 6.45) is 3.44. The minimum atomic E-state index is 0.0476. The second-order valence-corrected chi connectivity index (χ2v) is 7.62. The molecule has 0 fully saturated rings. The molecule has 0 radical (unpaired) electrons. The zero-order chi connectivity index (χ0) is 18.5. The normalized spacial score (nSPS) is 10.7. The van der Waals surface area contributed by atoms with Crippen molar-refractivity contribution in [2.75, 3.05) is 12.8 Å². The highest BCUT2D eigenvalue weighted by Gasteiger charge is 2.15. The topological polar surface area (TPSA) is 63.9 Å². The first-order valence-electron chi connectivity index (χ1n) is 7.95.